The Morgan fingerprint density at radius 2 is 1.73 bits per heavy atom. The average molecular weight is 430 g/mol. The van der Waals surface area contributed by atoms with E-state index in [1.807, 2.05) is 0 Å². The lowest BCUT2D eigenvalue weighted by atomic mass is 10.3. The number of hydrogen-bond acceptors (Lipinski definition) is 5. The van der Waals surface area contributed by atoms with Gasteiger partial charge in [0.2, 0.25) is 0 Å². The van der Waals surface area contributed by atoms with Gasteiger partial charge in [0.1, 0.15) is 8.67 Å². The first-order chi connectivity index (χ1) is 10.4. The van der Waals surface area contributed by atoms with Crippen LogP contribution in [-0.2, 0) is 0 Å². The third-order valence-electron chi connectivity index (χ3n) is 2.56. The molecule has 0 unspecified atom stereocenters. The van der Waals surface area contributed by atoms with E-state index >= 15 is 0 Å². The van der Waals surface area contributed by atoms with E-state index in [-0.39, 0.29) is 5.91 Å². The van der Waals surface area contributed by atoms with E-state index in [1.54, 1.807) is 11.4 Å². The van der Waals surface area contributed by atoms with E-state index in [1.165, 1.54) is 28.7 Å². The second-order valence-electron chi connectivity index (χ2n) is 3.97. The number of carbonyl (C=O) groups excluding carboxylic acids is 1. The van der Waals surface area contributed by atoms with Crippen molar-refractivity contribution in [2.75, 3.05) is 5.32 Å². The maximum atomic E-state index is 12.1. The fraction of sp³-hybridized carbons (Fsp3) is 0. The molecule has 3 aromatic rings. The van der Waals surface area contributed by atoms with Crippen molar-refractivity contribution in [3.8, 4) is 11.3 Å². The Balaban J connectivity index is 1.81. The normalized spacial score (nSPS) is 10.9. The number of amides is 1. The highest BCUT2D eigenvalue weighted by Gasteiger charge is 2.17. The first-order valence-corrected chi connectivity index (χ1v) is 9.63. The lowest BCUT2D eigenvalue weighted by Gasteiger charge is -1.99. The molecule has 0 saturated heterocycles. The Labute approximate surface area is 157 Å². The highest BCUT2D eigenvalue weighted by atomic mass is 35.5. The smallest absolute Gasteiger partial charge is 0.259 e. The van der Waals surface area contributed by atoms with E-state index in [4.69, 9.17) is 46.4 Å². The molecular weight excluding hydrogens is 426 g/mol. The van der Waals surface area contributed by atoms with E-state index in [0.29, 0.717) is 33.7 Å². The monoisotopic (exact) mass is 428 g/mol. The van der Waals surface area contributed by atoms with E-state index in [2.05, 4.69) is 10.3 Å². The molecule has 1 N–H and O–H groups in total. The van der Waals surface area contributed by atoms with Gasteiger partial charge in [-0.25, -0.2) is 4.98 Å². The zero-order valence-electron chi connectivity index (χ0n) is 10.3. The summed E-state index contributed by atoms with van der Waals surface area (Å²) >= 11 is 27.5. The second kappa shape index (κ2) is 6.65. The van der Waals surface area contributed by atoms with Gasteiger partial charge < -0.3 is 0 Å². The number of nitrogens with one attached hydrogen (secondary N) is 1. The van der Waals surface area contributed by atoms with Gasteiger partial charge in [-0.05, 0) is 12.1 Å². The molecule has 0 saturated carbocycles. The molecule has 0 atom stereocenters. The van der Waals surface area contributed by atoms with E-state index < -0.39 is 0 Å². The summed E-state index contributed by atoms with van der Waals surface area (Å²) in [5, 5.41) is 4.92. The van der Waals surface area contributed by atoms with Gasteiger partial charge >= 0.3 is 0 Å². The van der Waals surface area contributed by atoms with Crippen molar-refractivity contribution in [1.82, 2.24) is 4.98 Å². The van der Waals surface area contributed by atoms with Gasteiger partial charge in [0.15, 0.2) is 5.13 Å². The summed E-state index contributed by atoms with van der Waals surface area (Å²) in [6.07, 6.45) is 0. The van der Waals surface area contributed by atoms with Gasteiger partial charge in [-0.15, -0.1) is 34.0 Å². The lowest BCUT2D eigenvalue weighted by molar-refractivity contribution is 0.102. The lowest BCUT2D eigenvalue weighted by Crippen LogP contribution is -2.11. The summed E-state index contributed by atoms with van der Waals surface area (Å²) in [6.45, 7) is 0. The molecule has 0 radical (unpaired) electrons. The number of rotatable bonds is 3. The van der Waals surface area contributed by atoms with Crippen molar-refractivity contribution in [2.45, 2.75) is 0 Å². The standard InChI is InChI=1S/C12H4Cl4N2OS3/c13-7-1-4(9(15)21-7)6-3-20-12(17-6)18-11(19)5-2-8(14)22-10(5)16/h1-3H,(H,17,18,19). The molecule has 0 aliphatic heterocycles. The van der Waals surface area contributed by atoms with Crippen LogP contribution in [0.4, 0.5) is 5.13 Å². The summed E-state index contributed by atoms with van der Waals surface area (Å²) in [6, 6.07) is 3.26. The predicted octanol–water partition coefficient (Wildman–Crippen LogP) is 6.80. The Morgan fingerprint density at radius 3 is 2.32 bits per heavy atom. The molecule has 3 aromatic heterocycles. The highest BCUT2D eigenvalue weighted by Crippen LogP contribution is 2.39. The van der Waals surface area contributed by atoms with Gasteiger partial charge in [-0.3, -0.25) is 10.1 Å². The van der Waals surface area contributed by atoms with Crippen LogP contribution in [0.1, 0.15) is 10.4 Å². The third kappa shape index (κ3) is 3.43. The SMILES string of the molecule is O=C(Nc1nc(-c2cc(Cl)sc2Cl)cs1)c1cc(Cl)sc1Cl. The van der Waals surface area contributed by atoms with Crippen LogP contribution < -0.4 is 5.32 Å². The van der Waals surface area contributed by atoms with Gasteiger partial charge in [0.25, 0.3) is 5.91 Å². The Hall–Kier alpha value is -0.340. The molecule has 0 bridgehead atoms. The fourth-order valence-corrected chi connectivity index (χ4v) is 5.27. The summed E-state index contributed by atoms with van der Waals surface area (Å²) in [5.41, 5.74) is 1.72. The van der Waals surface area contributed by atoms with Gasteiger partial charge in [-0.2, -0.15) is 0 Å². The Kier molecular flexibility index (Phi) is 4.99. The fourth-order valence-electron chi connectivity index (χ4n) is 1.63. The van der Waals surface area contributed by atoms with Gasteiger partial charge in [-0.1, -0.05) is 46.4 Å². The quantitative estimate of drug-likeness (QED) is 0.497. The molecule has 0 aromatic carbocycles. The molecular formula is C12H4Cl4N2OS3. The molecule has 1 amide bonds. The number of thiazole rings is 1. The number of anilines is 1. The topological polar surface area (TPSA) is 42.0 Å². The van der Waals surface area contributed by atoms with Crippen molar-refractivity contribution in [2.24, 2.45) is 0 Å². The molecule has 0 aliphatic rings. The van der Waals surface area contributed by atoms with Crippen LogP contribution in [-0.4, -0.2) is 10.9 Å². The van der Waals surface area contributed by atoms with Crippen molar-refractivity contribution in [3.63, 3.8) is 0 Å². The minimum absolute atomic E-state index is 0.324. The zero-order chi connectivity index (χ0) is 15.9. The third-order valence-corrected chi connectivity index (χ3v) is 6.29. The predicted molar refractivity (Wildman–Crippen MR) is 97.7 cm³/mol. The van der Waals surface area contributed by atoms with Crippen LogP contribution in [0.15, 0.2) is 17.5 Å². The Bertz CT molecular complexity index is 855. The zero-order valence-corrected chi connectivity index (χ0v) is 15.8. The molecule has 3 rings (SSSR count). The summed E-state index contributed by atoms with van der Waals surface area (Å²) in [5.74, 6) is -0.358. The van der Waals surface area contributed by atoms with Crippen molar-refractivity contribution in [3.05, 3.63) is 40.4 Å². The number of nitrogens with zero attached hydrogens (tertiary/aromatic N) is 1. The Morgan fingerprint density at radius 1 is 1.05 bits per heavy atom. The molecule has 0 spiro atoms. The molecule has 0 fully saturated rings. The first-order valence-electron chi connectivity index (χ1n) is 5.61. The summed E-state index contributed by atoms with van der Waals surface area (Å²) in [4.78, 5) is 16.5. The molecule has 22 heavy (non-hydrogen) atoms. The largest absolute Gasteiger partial charge is 0.298 e. The van der Waals surface area contributed by atoms with Crippen LogP contribution in [0.25, 0.3) is 11.3 Å². The van der Waals surface area contributed by atoms with Gasteiger partial charge in [0, 0.05) is 10.9 Å². The van der Waals surface area contributed by atoms with Crippen molar-refractivity contribution in [1.29, 1.82) is 0 Å². The van der Waals surface area contributed by atoms with Gasteiger partial charge in [0.05, 0.1) is 19.9 Å². The van der Waals surface area contributed by atoms with Crippen LogP contribution in [0, 0.1) is 0 Å². The highest BCUT2D eigenvalue weighted by molar-refractivity contribution is 7.21. The van der Waals surface area contributed by atoms with Crippen molar-refractivity contribution >= 4 is 91.5 Å². The minimum atomic E-state index is -0.358. The number of halogens is 4. The maximum Gasteiger partial charge on any atom is 0.259 e. The number of thiophene rings is 2. The van der Waals surface area contributed by atoms with Crippen LogP contribution in [0.2, 0.25) is 17.3 Å². The summed E-state index contributed by atoms with van der Waals surface area (Å²) < 4.78 is 1.93. The van der Waals surface area contributed by atoms with Crippen molar-refractivity contribution < 1.29 is 4.79 Å². The minimum Gasteiger partial charge on any atom is -0.298 e. The maximum absolute atomic E-state index is 12.1. The number of carbonyl (C=O) groups is 1. The molecule has 114 valence electrons. The second-order valence-corrected chi connectivity index (χ2v) is 9.40. The molecule has 3 heterocycles. The summed E-state index contributed by atoms with van der Waals surface area (Å²) in [7, 11) is 0. The molecule has 3 nitrogen and oxygen atoms in total. The van der Waals surface area contributed by atoms with E-state index in [0.717, 1.165) is 16.9 Å². The molecule has 0 aliphatic carbocycles. The molecule has 10 heteroatoms. The number of hydrogen-bond donors (Lipinski definition) is 1. The number of aromatic nitrogens is 1. The first kappa shape index (κ1) is 16.5. The average Bonchev–Trinajstić information content (AvgIpc) is 3.10. The van der Waals surface area contributed by atoms with Crippen LogP contribution in [0.3, 0.4) is 0 Å². The van der Waals surface area contributed by atoms with Crippen LogP contribution >= 0.6 is 80.4 Å². The van der Waals surface area contributed by atoms with Crippen LogP contribution in [0.5, 0.6) is 0 Å². The van der Waals surface area contributed by atoms with E-state index in [9.17, 15) is 4.79 Å².